The number of para-hydroxylation sites is 1. The fraction of sp³-hybridized carbons (Fsp3) is 0.389. The molecular formula is C36H45N11O4. The van der Waals surface area contributed by atoms with Crippen molar-refractivity contribution in [3.63, 3.8) is 0 Å². The second-order valence-electron chi connectivity index (χ2n) is 12.8. The number of rotatable bonds is 15. The number of aromatic nitrogens is 8. The Morgan fingerprint density at radius 3 is 2.25 bits per heavy atom. The van der Waals surface area contributed by atoms with Crippen molar-refractivity contribution in [2.24, 2.45) is 5.73 Å². The Hall–Kier alpha value is -5.70. The van der Waals surface area contributed by atoms with Crippen LogP contribution >= 0.6 is 0 Å². The molecule has 5 N–H and O–H groups in total. The number of benzene rings is 2. The number of nitrogens with zero attached hydrogens (tertiary/aromatic N) is 8. The maximum atomic E-state index is 13.5. The largest absolute Gasteiger partial charge is 0.489 e. The molecule has 0 spiro atoms. The van der Waals surface area contributed by atoms with Crippen molar-refractivity contribution in [3.8, 4) is 5.75 Å². The monoisotopic (exact) mass is 695 g/mol. The van der Waals surface area contributed by atoms with Gasteiger partial charge >= 0.3 is 0 Å². The van der Waals surface area contributed by atoms with Gasteiger partial charge in [0.2, 0.25) is 17.8 Å². The summed E-state index contributed by atoms with van der Waals surface area (Å²) in [4.78, 5) is 35.1. The molecule has 0 fully saturated rings. The molecule has 0 aliphatic rings. The number of aryl methyl sites for hydroxylation is 6. The molecule has 51 heavy (non-hydrogen) atoms. The van der Waals surface area contributed by atoms with Gasteiger partial charge in [0.1, 0.15) is 17.0 Å². The molecule has 0 radical (unpaired) electrons. The Kier molecular flexibility index (Phi) is 10.1. The highest BCUT2D eigenvalue weighted by Crippen LogP contribution is 2.30. The van der Waals surface area contributed by atoms with Crippen molar-refractivity contribution < 1.29 is 19.4 Å². The highest BCUT2D eigenvalue weighted by molar-refractivity contribution is 6.03. The van der Waals surface area contributed by atoms with Crippen LogP contribution in [0.25, 0.3) is 22.1 Å². The van der Waals surface area contributed by atoms with Gasteiger partial charge in [-0.3, -0.25) is 24.3 Å². The van der Waals surface area contributed by atoms with E-state index in [9.17, 15) is 14.7 Å². The van der Waals surface area contributed by atoms with Gasteiger partial charge < -0.3 is 30.0 Å². The molecule has 0 aliphatic heterocycles. The number of imidazole rings is 2. The summed E-state index contributed by atoms with van der Waals surface area (Å²) in [6.07, 6.45) is 0.281. The molecule has 15 nitrogen and oxygen atoms in total. The van der Waals surface area contributed by atoms with E-state index in [0.717, 1.165) is 22.4 Å². The van der Waals surface area contributed by atoms with Crippen LogP contribution in [0.1, 0.15) is 84.7 Å². The number of unbranched alkanes of at least 4 members (excludes halogenated alkanes) is 1. The molecule has 0 aliphatic carbocycles. The zero-order chi connectivity index (χ0) is 36.4. The first-order chi connectivity index (χ1) is 24.5. The molecule has 1 atom stereocenters. The maximum Gasteiger partial charge on any atom is 0.276 e. The van der Waals surface area contributed by atoms with Crippen LogP contribution in [0.2, 0.25) is 0 Å². The lowest BCUT2D eigenvalue weighted by atomic mass is 10.2. The fourth-order valence-corrected chi connectivity index (χ4v) is 6.32. The van der Waals surface area contributed by atoms with Crippen molar-refractivity contribution in [2.75, 3.05) is 10.6 Å². The Morgan fingerprint density at radius 1 is 0.882 bits per heavy atom. The summed E-state index contributed by atoms with van der Waals surface area (Å²) in [7, 11) is 0. The van der Waals surface area contributed by atoms with E-state index in [1.807, 2.05) is 81.0 Å². The van der Waals surface area contributed by atoms with Gasteiger partial charge in [-0.25, -0.2) is 9.97 Å². The molecule has 0 bridgehead atoms. The van der Waals surface area contributed by atoms with Gasteiger partial charge in [-0.2, -0.15) is 10.2 Å². The second kappa shape index (κ2) is 14.6. The number of amides is 2. The number of carbonyl (C=O) groups excluding carboxylic acids is 2. The Labute approximate surface area is 295 Å². The van der Waals surface area contributed by atoms with Gasteiger partial charge in [-0.05, 0) is 96.8 Å². The van der Waals surface area contributed by atoms with Crippen LogP contribution in [0.4, 0.5) is 11.9 Å². The first-order valence-electron chi connectivity index (χ1n) is 17.3. The van der Waals surface area contributed by atoms with Gasteiger partial charge in [0.25, 0.3) is 5.91 Å². The third-order valence-corrected chi connectivity index (χ3v) is 8.59. The molecular weight excluding hydrogens is 650 g/mol. The smallest absolute Gasteiger partial charge is 0.276 e. The minimum atomic E-state index is -1.07. The molecule has 2 amide bonds. The van der Waals surface area contributed by atoms with Crippen LogP contribution in [-0.2, 0) is 26.2 Å². The predicted octanol–water partition coefficient (Wildman–Crippen LogP) is 5.16. The van der Waals surface area contributed by atoms with Crippen molar-refractivity contribution in [2.45, 2.75) is 92.9 Å². The van der Waals surface area contributed by atoms with Crippen molar-refractivity contribution in [3.05, 3.63) is 76.9 Å². The lowest BCUT2D eigenvalue weighted by Gasteiger charge is -2.17. The van der Waals surface area contributed by atoms with Gasteiger partial charge in [0.15, 0.2) is 6.23 Å². The van der Waals surface area contributed by atoms with Crippen LogP contribution in [0.5, 0.6) is 5.75 Å². The molecule has 1 unspecified atom stereocenters. The second-order valence-corrected chi connectivity index (χ2v) is 12.8. The predicted molar refractivity (Wildman–Crippen MR) is 195 cm³/mol. The van der Waals surface area contributed by atoms with Crippen LogP contribution in [0.15, 0.2) is 48.5 Å². The van der Waals surface area contributed by atoms with Gasteiger partial charge in [-0.15, -0.1) is 0 Å². The number of nitrogens with two attached hydrogens (primary N) is 1. The van der Waals surface area contributed by atoms with E-state index >= 15 is 0 Å². The topological polar surface area (TPSA) is 185 Å². The molecule has 4 heterocycles. The van der Waals surface area contributed by atoms with E-state index in [-0.39, 0.29) is 12.0 Å². The van der Waals surface area contributed by atoms with Crippen LogP contribution in [-0.4, -0.2) is 61.7 Å². The first kappa shape index (κ1) is 35.1. The van der Waals surface area contributed by atoms with Gasteiger partial charge in [0, 0.05) is 31.7 Å². The van der Waals surface area contributed by atoms with E-state index in [1.165, 1.54) is 0 Å². The third-order valence-electron chi connectivity index (χ3n) is 8.59. The third kappa shape index (κ3) is 7.29. The summed E-state index contributed by atoms with van der Waals surface area (Å²) in [5, 5.41) is 26.3. The number of carbonyl (C=O) groups is 2. The standard InChI is InChI=1S/C36H45N11O4/c1-7-46-28(18-22(5)42-46)33(49)40-35-38-25-20-24(32(37)48)14-15-26(25)44(35)16-9-10-17-45-27-12-11-13-30(51-21(3)4)31(27)39-36(45)41-34(50)29-19-23(6)43-47(29)8-2/h11-15,18-21,33,49H,7-10,16-17H2,1-6H3,(H2,37,48)(H,38,40)(H,39,41,50). The lowest BCUT2D eigenvalue weighted by molar-refractivity contribution is 0.0996. The fourth-order valence-electron chi connectivity index (χ4n) is 6.32. The molecule has 2 aromatic carbocycles. The molecule has 6 aromatic rings. The molecule has 268 valence electrons. The Morgan fingerprint density at radius 2 is 1.57 bits per heavy atom. The number of ether oxygens (including phenoxy) is 1. The number of hydrogen-bond donors (Lipinski definition) is 4. The van der Waals surface area contributed by atoms with Crippen molar-refractivity contribution >= 4 is 45.8 Å². The van der Waals surface area contributed by atoms with Gasteiger partial charge in [-0.1, -0.05) is 6.07 Å². The van der Waals surface area contributed by atoms with E-state index < -0.39 is 12.1 Å². The van der Waals surface area contributed by atoms with Crippen LogP contribution in [0.3, 0.4) is 0 Å². The average Bonchev–Trinajstić information content (AvgIpc) is 3.85. The number of anilines is 2. The Balaban J connectivity index is 1.28. The van der Waals surface area contributed by atoms with E-state index in [2.05, 4.69) is 20.8 Å². The normalized spacial score (nSPS) is 12.2. The molecule has 15 heteroatoms. The molecule has 0 saturated carbocycles. The highest BCUT2D eigenvalue weighted by atomic mass is 16.5. The van der Waals surface area contributed by atoms with Crippen molar-refractivity contribution in [1.82, 2.24) is 38.7 Å². The number of fused-ring (bicyclic) bond motifs is 2. The number of primary amides is 1. The van der Waals surface area contributed by atoms with E-state index in [1.54, 1.807) is 27.6 Å². The summed E-state index contributed by atoms with van der Waals surface area (Å²) in [5.41, 5.74) is 11.4. The number of hydrogen-bond acceptors (Lipinski definition) is 9. The summed E-state index contributed by atoms with van der Waals surface area (Å²) in [6, 6.07) is 14.5. The number of aliphatic hydroxyl groups is 1. The van der Waals surface area contributed by atoms with Gasteiger partial charge in [0.05, 0.1) is 39.7 Å². The average molecular weight is 696 g/mol. The number of aliphatic hydroxyl groups excluding tert-OH is 1. The first-order valence-corrected chi connectivity index (χ1v) is 17.3. The van der Waals surface area contributed by atoms with E-state index in [0.29, 0.717) is 84.7 Å². The van der Waals surface area contributed by atoms with Crippen LogP contribution < -0.4 is 21.1 Å². The summed E-state index contributed by atoms with van der Waals surface area (Å²) in [6.45, 7) is 13.8. The zero-order valence-corrected chi connectivity index (χ0v) is 29.8. The maximum absolute atomic E-state index is 13.5. The minimum absolute atomic E-state index is 0.0578. The molecule has 0 saturated heterocycles. The number of nitrogens with one attached hydrogen (secondary N) is 2. The lowest BCUT2D eigenvalue weighted by Crippen LogP contribution is -2.20. The molecule has 6 rings (SSSR count). The summed E-state index contributed by atoms with van der Waals surface area (Å²) >= 11 is 0. The minimum Gasteiger partial charge on any atom is -0.489 e. The Bertz CT molecular complexity index is 2210. The SMILES string of the molecule is CCn1nc(C)cc1C(=O)Nc1nc2c(OC(C)C)cccc2n1CCCCn1c(NC(O)c2cc(C)nn2CC)nc2cc(C(N)=O)ccc21. The van der Waals surface area contributed by atoms with Crippen LogP contribution in [0, 0.1) is 13.8 Å². The summed E-state index contributed by atoms with van der Waals surface area (Å²) < 4.78 is 13.5. The zero-order valence-electron chi connectivity index (χ0n) is 29.8. The quantitative estimate of drug-likeness (QED) is 0.0832. The van der Waals surface area contributed by atoms with E-state index in [4.69, 9.17) is 20.4 Å². The highest BCUT2D eigenvalue weighted by Gasteiger charge is 2.22. The summed E-state index contributed by atoms with van der Waals surface area (Å²) in [5.74, 6) is 0.654. The van der Waals surface area contributed by atoms with Crippen molar-refractivity contribution in [1.29, 1.82) is 0 Å². The molecule has 4 aromatic heterocycles.